The molecule has 1 rings (SSSR count). The van der Waals surface area contributed by atoms with Crippen molar-refractivity contribution in [2.75, 3.05) is 6.54 Å². The van der Waals surface area contributed by atoms with Crippen LogP contribution in [0.1, 0.15) is 59.8 Å². The monoisotopic (exact) mass is 197 g/mol. The molecule has 1 atom stereocenters. The van der Waals surface area contributed by atoms with E-state index in [2.05, 4.69) is 33.0 Å². The molecule has 14 heavy (non-hydrogen) atoms. The molecule has 1 aliphatic carbocycles. The van der Waals surface area contributed by atoms with Gasteiger partial charge in [-0.3, -0.25) is 0 Å². The van der Waals surface area contributed by atoms with E-state index in [9.17, 15) is 0 Å². The second-order valence-corrected chi connectivity index (χ2v) is 5.64. The van der Waals surface area contributed by atoms with Gasteiger partial charge in [-0.1, -0.05) is 27.2 Å². The Balaban J connectivity index is 2.30. The van der Waals surface area contributed by atoms with Crippen molar-refractivity contribution in [1.29, 1.82) is 0 Å². The fourth-order valence-corrected chi connectivity index (χ4v) is 2.53. The lowest BCUT2D eigenvalue weighted by Crippen LogP contribution is -2.43. The Bertz CT molecular complexity index is 159. The molecule has 1 unspecified atom stereocenters. The number of nitrogens with one attached hydrogen (secondary N) is 1. The van der Waals surface area contributed by atoms with Crippen molar-refractivity contribution in [1.82, 2.24) is 5.32 Å². The maximum atomic E-state index is 3.68. The highest BCUT2D eigenvalue weighted by molar-refractivity contribution is 4.90. The van der Waals surface area contributed by atoms with E-state index in [1.165, 1.54) is 38.6 Å². The second kappa shape index (κ2) is 5.16. The topological polar surface area (TPSA) is 12.0 Å². The maximum Gasteiger partial charge on any atom is 0.00363 e. The van der Waals surface area contributed by atoms with Gasteiger partial charge in [0.25, 0.3) is 0 Å². The maximum absolute atomic E-state index is 3.68. The van der Waals surface area contributed by atoms with Crippen LogP contribution in [-0.4, -0.2) is 12.6 Å². The molecule has 0 aromatic rings. The molecule has 1 N–H and O–H groups in total. The van der Waals surface area contributed by atoms with Crippen LogP contribution in [0, 0.1) is 11.3 Å². The minimum Gasteiger partial charge on any atom is -0.314 e. The molecule has 0 aromatic heterocycles. The minimum absolute atomic E-state index is 0.664. The largest absolute Gasteiger partial charge is 0.314 e. The molecule has 0 heterocycles. The third-order valence-electron chi connectivity index (χ3n) is 3.69. The van der Waals surface area contributed by atoms with E-state index in [-0.39, 0.29) is 0 Å². The zero-order valence-electron chi connectivity index (χ0n) is 10.4. The molecule has 0 amide bonds. The lowest BCUT2D eigenvalue weighted by atomic mass is 9.64. The zero-order chi connectivity index (χ0) is 10.6. The number of hydrogen-bond donors (Lipinski definition) is 1. The Morgan fingerprint density at radius 3 is 2.21 bits per heavy atom. The van der Waals surface area contributed by atoms with Gasteiger partial charge in [0.1, 0.15) is 0 Å². The molecule has 1 saturated carbocycles. The Kier molecular flexibility index (Phi) is 4.43. The van der Waals surface area contributed by atoms with E-state index in [0.717, 1.165) is 5.92 Å². The fraction of sp³-hybridized carbons (Fsp3) is 1.00. The van der Waals surface area contributed by atoms with Crippen molar-refractivity contribution in [3.8, 4) is 0 Å². The van der Waals surface area contributed by atoms with Gasteiger partial charge in [-0.25, -0.2) is 0 Å². The van der Waals surface area contributed by atoms with Crippen LogP contribution in [-0.2, 0) is 0 Å². The van der Waals surface area contributed by atoms with Gasteiger partial charge in [0.15, 0.2) is 0 Å². The van der Waals surface area contributed by atoms with Gasteiger partial charge in [-0.15, -0.1) is 0 Å². The lowest BCUT2D eigenvalue weighted by Gasteiger charge is -2.44. The highest BCUT2D eigenvalue weighted by atomic mass is 14.9. The van der Waals surface area contributed by atoms with Crippen molar-refractivity contribution in [3.05, 3.63) is 0 Å². The van der Waals surface area contributed by atoms with E-state index in [1.807, 2.05) is 0 Å². The summed E-state index contributed by atoms with van der Waals surface area (Å²) in [5.74, 6) is 0.856. The van der Waals surface area contributed by atoms with Crippen LogP contribution in [0.4, 0.5) is 0 Å². The SMILES string of the molecule is CCC(C)NCC1(CC(C)C)CCC1. The molecular weight excluding hydrogens is 170 g/mol. The summed E-state index contributed by atoms with van der Waals surface area (Å²) >= 11 is 0. The molecule has 1 fully saturated rings. The summed E-state index contributed by atoms with van der Waals surface area (Å²) in [5.41, 5.74) is 0.664. The number of rotatable bonds is 6. The van der Waals surface area contributed by atoms with Gasteiger partial charge in [-0.05, 0) is 43.9 Å². The molecule has 0 bridgehead atoms. The van der Waals surface area contributed by atoms with Crippen LogP contribution < -0.4 is 5.32 Å². The van der Waals surface area contributed by atoms with Crippen LogP contribution in [0.25, 0.3) is 0 Å². The van der Waals surface area contributed by atoms with Gasteiger partial charge in [0.05, 0.1) is 0 Å². The summed E-state index contributed by atoms with van der Waals surface area (Å²) in [4.78, 5) is 0. The molecule has 0 aromatic carbocycles. The lowest BCUT2D eigenvalue weighted by molar-refractivity contribution is 0.0946. The quantitative estimate of drug-likeness (QED) is 0.686. The molecule has 84 valence electrons. The van der Waals surface area contributed by atoms with Crippen molar-refractivity contribution in [3.63, 3.8) is 0 Å². The Morgan fingerprint density at radius 1 is 1.21 bits per heavy atom. The van der Waals surface area contributed by atoms with Gasteiger partial charge < -0.3 is 5.32 Å². The van der Waals surface area contributed by atoms with Crippen LogP contribution in [0.3, 0.4) is 0 Å². The molecule has 0 aliphatic heterocycles. The minimum atomic E-state index is 0.664. The van der Waals surface area contributed by atoms with Crippen LogP contribution in [0.2, 0.25) is 0 Å². The van der Waals surface area contributed by atoms with Crippen molar-refractivity contribution < 1.29 is 0 Å². The summed E-state index contributed by atoms with van der Waals surface area (Å²) in [5, 5.41) is 3.68. The smallest absolute Gasteiger partial charge is 0.00363 e. The highest BCUT2D eigenvalue weighted by Crippen LogP contribution is 2.45. The van der Waals surface area contributed by atoms with Crippen molar-refractivity contribution in [2.24, 2.45) is 11.3 Å². The zero-order valence-corrected chi connectivity index (χ0v) is 10.4. The first-order chi connectivity index (χ1) is 6.58. The van der Waals surface area contributed by atoms with E-state index in [4.69, 9.17) is 0 Å². The van der Waals surface area contributed by atoms with Gasteiger partial charge in [0.2, 0.25) is 0 Å². The van der Waals surface area contributed by atoms with E-state index in [0.29, 0.717) is 11.5 Å². The average molecular weight is 197 g/mol. The summed E-state index contributed by atoms with van der Waals surface area (Å²) < 4.78 is 0. The molecule has 0 radical (unpaired) electrons. The van der Waals surface area contributed by atoms with E-state index < -0.39 is 0 Å². The summed E-state index contributed by atoms with van der Waals surface area (Å²) in [7, 11) is 0. The Morgan fingerprint density at radius 2 is 1.86 bits per heavy atom. The normalized spacial score (nSPS) is 22.1. The summed E-state index contributed by atoms with van der Waals surface area (Å²) in [6.07, 6.45) is 7.02. The second-order valence-electron chi connectivity index (χ2n) is 5.64. The summed E-state index contributed by atoms with van der Waals surface area (Å²) in [6.45, 7) is 10.5. The molecule has 0 saturated heterocycles. The van der Waals surface area contributed by atoms with E-state index >= 15 is 0 Å². The predicted molar refractivity (Wildman–Crippen MR) is 63.5 cm³/mol. The highest BCUT2D eigenvalue weighted by Gasteiger charge is 2.36. The third kappa shape index (κ3) is 3.27. The van der Waals surface area contributed by atoms with Crippen LogP contribution in [0.5, 0.6) is 0 Å². The molecular formula is C13H27N. The fourth-order valence-electron chi connectivity index (χ4n) is 2.53. The Labute approximate surface area is 89.7 Å². The first kappa shape index (κ1) is 12.0. The van der Waals surface area contributed by atoms with Gasteiger partial charge in [-0.2, -0.15) is 0 Å². The first-order valence-corrected chi connectivity index (χ1v) is 6.31. The Hall–Kier alpha value is -0.0400. The predicted octanol–water partition coefficient (Wildman–Crippen LogP) is 3.59. The molecule has 1 heteroatoms. The van der Waals surface area contributed by atoms with Crippen LogP contribution in [0.15, 0.2) is 0 Å². The van der Waals surface area contributed by atoms with Crippen molar-refractivity contribution >= 4 is 0 Å². The summed E-state index contributed by atoms with van der Waals surface area (Å²) in [6, 6.07) is 0.694. The van der Waals surface area contributed by atoms with Gasteiger partial charge >= 0.3 is 0 Å². The van der Waals surface area contributed by atoms with Gasteiger partial charge in [0, 0.05) is 12.6 Å². The van der Waals surface area contributed by atoms with Crippen molar-refractivity contribution in [2.45, 2.75) is 65.8 Å². The molecule has 1 nitrogen and oxygen atoms in total. The first-order valence-electron chi connectivity index (χ1n) is 6.31. The molecule has 1 aliphatic rings. The van der Waals surface area contributed by atoms with Crippen LogP contribution >= 0.6 is 0 Å². The average Bonchev–Trinajstić information content (AvgIpc) is 2.08. The van der Waals surface area contributed by atoms with E-state index in [1.54, 1.807) is 0 Å². The standard InChI is InChI=1S/C13H27N/c1-5-12(4)14-10-13(7-6-8-13)9-11(2)3/h11-12,14H,5-10H2,1-4H3. The third-order valence-corrected chi connectivity index (χ3v) is 3.69. The number of hydrogen-bond acceptors (Lipinski definition) is 1. The molecule has 0 spiro atoms.